The van der Waals surface area contributed by atoms with Crippen molar-refractivity contribution in [3.8, 4) is 0 Å². The average Bonchev–Trinajstić information content (AvgIpc) is 2.12. The summed E-state index contributed by atoms with van der Waals surface area (Å²) in [6.07, 6.45) is 0.813. The van der Waals surface area contributed by atoms with Gasteiger partial charge in [-0.1, -0.05) is 0 Å². The van der Waals surface area contributed by atoms with Crippen LogP contribution in [0.25, 0.3) is 0 Å². The lowest BCUT2D eigenvalue weighted by Gasteiger charge is -2.05. The lowest BCUT2D eigenvalue weighted by molar-refractivity contribution is -0.386. The first-order chi connectivity index (χ1) is 6.93. The van der Waals surface area contributed by atoms with E-state index in [1.54, 1.807) is 0 Å². The van der Waals surface area contributed by atoms with Gasteiger partial charge >= 0.3 is 11.2 Å². The van der Waals surface area contributed by atoms with E-state index in [-0.39, 0.29) is 5.95 Å². The number of anilines is 1. The normalized spacial score (nSPS) is 9.73. The van der Waals surface area contributed by atoms with E-state index < -0.39 is 22.1 Å². The summed E-state index contributed by atoms with van der Waals surface area (Å²) in [6, 6.07) is 0. The number of nitrogens with one attached hydrogen (secondary N) is 1. The molecular formula is C7H8N4O4. The Morgan fingerprint density at radius 1 is 1.67 bits per heavy atom. The Balaban J connectivity index is 3.27. The molecule has 0 saturated carbocycles. The molecule has 0 radical (unpaired) electrons. The summed E-state index contributed by atoms with van der Waals surface area (Å²) in [5.74, 6) is -0.440. The molecule has 1 heterocycles. The summed E-state index contributed by atoms with van der Waals surface area (Å²) in [5, 5.41) is 12.6. The van der Waals surface area contributed by atoms with E-state index in [0.717, 1.165) is 10.8 Å². The third kappa shape index (κ3) is 2.16. The van der Waals surface area contributed by atoms with Gasteiger partial charge < -0.3 is 0 Å². The molecule has 1 aromatic heterocycles. The maximum absolute atomic E-state index is 11.3. The van der Waals surface area contributed by atoms with Gasteiger partial charge in [-0.05, 0) is 0 Å². The fourth-order valence-electron chi connectivity index (χ4n) is 0.931. The first kappa shape index (κ1) is 10.8. The average molecular weight is 212 g/mol. The van der Waals surface area contributed by atoms with E-state index in [1.807, 2.05) is 0 Å². The van der Waals surface area contributed by atoms with Crippen LogP contribution in [0, 0.1) is 10.1 Å². The van der Waals surface area contributed by atoms with Gasteiger partial charge in [-0.3, -0.25) is 29.6 Å². The molecule has 1 rings (SSSR count). The second-order valence-electron chi connectivity index (χ2n) is 2.77. The molecule has 15 heavy (non-hydrogen) atoms. The third-order valence-corrected chi connectivity index (χ3v) is 1.64. The van der Waals surface area contributed by atoms with E-state index >= 15 is 0 Å². The first-order valence-corrected chi connectivity index (χ1v) is 3.91. The van der Waals surface area contributed by atoms with Crippen molar-refractivity contribution in [3.63, 3.8) is 0 Å². The third-order valence-electron chi connectivity index (χ3n) is 1.64. The van der Waals surface area contributed by atoms with Crippen LogP contribution < -0.4 is 10.9 Å². The van der Waals surface area contributed by atoms with Gasteiger partial charge in [0.1, 0.15) is 6.20 Å². The molecule has 0 saturated heterocycles. The van der Waals surface area contributed by atoms with E-state index in [2.05, 4.69) is 10.3 Å². The number of carbonyl (C=O) groups is 1. The quantitative estimate of drug-likeness (QED) is 0.532. The topological polar surface area (TPSA) is 107 Å². The predicted molar refractivity (Wildman–Crippen MR) is 50.4 cm³/mol. The molecule has 0 spiro atoms. The number of carbonyl (C=O) groups excluding carboxylic acids is 1. The summed E-state index contributed by atoms with van der Waals surface area (Å²) >= 11 is 0. The maximum atomic E-state index is 11.3. The molecule has 8 nitrogen and oxygen atoms in total. The van der Waals surface area contributed by atoms with Crippen molar-refractivity contribution in [1.82, 2.24) is 9.55 Å². The van der Waals surface area contributed by atoms with Crippen molar-refractivity contribution in [1.29, 1.82) is 0 Å². The summed E-state index contributed by atoms with van der Waals surface area (Å²) in [4.78, 5) is 35.2. The van der Waals surface area contributed by atoms with Gasteiger partial charge in [0, 0.05) is 14.0 Å². The Labute approximate surface area is 83.7 Å². The standard InChI is InChI=1S/C7H8N4O4/c1-4(12)9-7-8-3-5(11(14)15)6(13)10(7)2/h3H,1-2H3,(H,8,9,12). The number of hydrogen-bond acceptors (Lipinski definition) is 5. The van der Waals surface area contributed by atoms with Crippen LogP contribution in [0.1, 0.15) is 6.92 Å². The minimum atomic E-state index is -0.827. The van der Waals surface area contributed by atoms with E-state index in [0.29, 0.717) is 0 Å². The van der Waals surface area contributed by atoms with Crippen molar-refractivity contribution < 1.29 is 9.72 Å². The van der Waals surface area contributed by atoms with Crippen LogP contribution in [0.4, 0.5) is 11.6 Å². The minimum absolute atomic E-state index is 0.0295. The first-order valence-electron chi connectivity index (χ1n) is 3.91. The van der Waals surface area contributed by atoms with Crippen LogP contribution >= 0.6 is 0 Å². The molecule has 0 unspecified atom stereocenters. The Kier molecular flexibility index (Phi) is 2.79. The van der Waals surface area contributed by atoms with Crippen LogP contribution in [0.3, 0.4) is 0 Å². The number of nitro groups is 1. The van der Waals surface area contributed by atoms with E-state index in [4.69, 9.17) is 0 Å². The lowest BCUT2D eigenvalue weighted by atomic mass is 10.5. The molecule has 0 atom stereocenters. The van der Waals surface area contributed by atoms with Crippen molar-refractivity contribution >= 4 is 17.5 Å². The zero-order chi connectivity index (χ0) is 11.6. The van der Waals surface area contributed by atoms with Crippen LogP contribution in [-0.2, 0) is 11.8 Å². The van der Waals surface area contributed by atoms with Gasteiger partial charge in [0.15, 0.2) is 0 Å². The molecule has 0 fully saturated rings. The summed E-state index contributed by atoms with van der Waals surface area (Å²) < 4.78 is 0.902. The fraction of sp³-hybridized carbons (Fsp3) is 0.286. The molecule has 0 aliphatic carbocycles. The SMILES string of the molecule is CC(=O)Nc1ncc([N+](=O)[O-])c(=O)n1C. The summed E-state index contributed by atoms with van der Waals surface area (Å²) in [6.45, 7) is 1.24. The Bertz CT molecular complexity index is 478. The van der Waals surface area contributed by atoms with Crippen molar-refractivity contribution in [2.45, 2.75) is 6.92 Å². The minimum Gasteiger partial charge on any atom is -0.296 e. The smallest absolute Gasteiger partial charge is 0.296 e. The van der Waals surface area contributed by atoms with Gasteiger partial charge in [-0.2, -0.15) is 0 Å². The van der Waals surface area contributed by atoms with Crippen LogP contribution in [-0.4, -0.2) is 20.4 Å². The second-order valence-corrected chi connectivity index (χ2v) is 2.77. The van der Waals surface area contributed by atoms with Gasteiger partial charge in [-0.15, -0.1) is 0 Å². The highest BCUT2D eigenvalue weighted by Gasteiger charge is 2.16. The Morgan fingerprint density at radius 3 is 2.73 bits per heavy atom. The predicted octanol–water partition coefficient (Wildman–Crippen LogP) is -0.353. The molecular weight excluding hydrogens is 204 g/mol. The van der Waals surface area contributed by atoms with Crippen molar-refractivity contribution in [3.05, 3.63) is 26.7 Å². The molecule has 0 aromatic carbocycles. The number of aromatic nitrogens is 2. The molecule has 0 bridgehead atoms. The number of amides is 1. The molecule has 1 amide bonds. The second kappa shape index (κ2) is 3.86. The zero-order valence-corrected chi connectivity index (χ0v) is 8.05. The van der Waals surface area contributed by atoms with Gasteiger partial charge in [-0.25, -0.2) is 4.98 Å². The summed E-state index contributed by atoms with van der Waals surface area (Å²) in [5.41, 5.74) is -1.45. The molecule has 1 N–H and O–H groups in total. The molecule has 0 aliphatic rings. The van der Waals surface area contributed by atoms with Gasteiger partial charge in [0.25, 0.3) is 0 Å². The lowest BCUT2D eigenvalue weighted by Crippen LogP contribution is -2.25. The number of nitrogens with zero attached hydrogens (tertiary/aromatic N) is 3. The highest BCUT2D eigenvalue weighted by Crippen LogP contribution is 2.04. The van der Waals surface area contributed by atoms with Crippen molar-refractivity contribution in [2.24, 2.45) is 7.05 Å². The van der Waals surface area contributed by atoms with Crippen LogP contribution in [0.2, 0.25) is 0 Å². The fourth-order valence-corrected chi connectivity index (χ4v) is 0.931. The number of rotatable bonds is 2. The van der Waals surface area contributed by atoms with Gasteiger partial charge in [0.2, 0.25) is 11.9 Å². The molecule has 8 heteroatoms. The van der Waals surface area contributed by atoms with Gasteiger partial charge in [0.05, 0.1) is 4.92 Å². The highest BCUT2D eigenvalue weighted by atomic mass is 16.6. The number of hydrogen-bond donors (Lipinski definition) is 1. The summed E-state index contributed by atoms with van der Waals surface area (Å²) in [7, 11) is 1.29. The van der Waals surface area contributed by atoms with E-state index in [9.17, 15) is 19.7 Å². The van der Waals surface area contributed by atoms with Crippen LogP contribution in [0.5, 0.6) is 0 Å². The molecule has 0 aliphatic heterocycles. The molecule has 80 valence electrons. The maximum Gasteiger partial charge on any atom is 0.352 e. The van der Waals surface area contributed by atoms with Crippen LogP contribution in [0.15, 0.2) is 11.0 Å². The zero-order valence-electron chi connectivity index (χ0n) is 8.05. The van der Waals surface area contributed by atoms with E-state index in [1.165, 1.54) is 14.0 Å². The molecule has 1 aromatic rings. The van der Waals surface area contributed by atoms with Crippen molar-refractivity contribution in [2.75, 3.05) is 5.32 Å². The Morgan fingerprint density at radius 2 is 2.27 bits per heavy atom. The largest absolute Gasteiger partial charge is 0.352 e. The monoisotopic (exact) mass is 212 g/mol. The highest BCUT2D eigenvalue weighted by molar-refractivity contribution is 5.86. The Hall–Kier alpha value is -2.25.